The van der Waals surface area contributed by atoms with Crippen molar-refractivity contribution in [3.63, 3.8) is 0 Å². The summed E-state index contributed by atoms with van der Waals surface area (Å²) in [5, 5.41) is 2.79. The zero-order valence-electron chi connectivity index (χ0n) is 11.9. The van der Waals surface area contributed by atoms with Gasteiger partial charge in [-0.15, -0.1) is 0 Å². The number of piperazine rings is 1. The monoisotopic (exact) mass is 338 g/mol. The largest absolute Gasteiger partial charge is 0.343 e. The Balaban J connectivity index is 2.32. The summed E-state index contributed by atoms with van der Waals surface area (Å²) in [5.41, 5.74) is 1.81. The summed E-state index contributed by atoms with van der Waals surface area (Å²) in [4.78, 5) is 26.0. The molecule has 1 aromatic rings. The van der Waals surface area contributed by atoms with Crippen molar-refractivity contribution in [2.75, 3.05) is 11.4 Å². The van der Waals surface area contributed by atoms with Gasteiger partial charge >= 0.3 is 0 Å². The number of carbonyl (C=O) groups is 2. The Kier molecular flexibility index (Phi) is 4.48. The third-order valence-electron chi connectivity index (χ3n) is 3.37. The Morgan fingerprint density at radius 3 is 2.75 bits per heavy atom. The first-order valence-corrected chi connectivity index (χ1v) is 7.55. The minimum Gasteiger partial charge on any atom is -0.343 e. The van der Waals surface area contributed by atoms with Gasteiger partial charge < -0.3 is 10.2 Å². The molecule has 1 aliphatic heterocycles. The summed E-state index contributed by atoms with van der Waals surface area (Å²) in [5.74, 6) is 0.207. The second-order valence-electron chi connectivity index (χ2n) is 5.58. The Morgan fingerprint density at radius 2 is 2.10 bits per heavy atom. The van der Waals surface area contributed by atoms with E-state index < -0.39 is 6.04 Å². The molecule has 2 amide bonds. The molecule has 2 rings (SSSR count). The molecule has 0 radical (unpaired) electrons. The molecule has 1 heterocycles. The van der Waals surface area contributed by atoms with E-state index >= 15 is 0 Å². The molecule has 0 bridgehead atoms. The fourth-order valence-corrected chi connectivity index (χ4v) is 2.87. The van der Waals surface area contributed by atoms with Crippen LogP contribution in [0.4, 0.5) is 5.69 Å². The standard InChI is InChI=1S/C15H19BrN2O2/c1-9(2)7-11-15(20)18(8-13(19)17-11)12-6-4-5-10(3)14(12)16/h4-6,9,11H,7-8H2,1-3H3,(H,17,19). The van der Waals surface area contributed by atoms with E-state index in [4.69, 9.17) is 0 Å². The number of carbonyl (C=O) groups excluding carboxylic acids is 2. The van der Waals surface area contributed by atoms with Crippen LogP contribution < -0.4 is 10.2 Å². The molecule has 0 spiro atoms. The molecule has 1 saturated heterocycles. The van der Waals surface area contributed by atoms with Gasteiger partial charge in [0.25, 0.3) is 0 Å². The maximum absolute atomic E-state index is 12.6. The van der Waals surface area contributed by atoms with E-state index in [0.29, 0.717) is 12.3 Å². The summed E-state index contributed by atoms with van der Waals surface area (Å²) in [6, 6.07) is 5.30. The fourth-order valence-electron chi connectivity index (χ4n) is 2.39. The van der Waals surface area contributed by atoms with Crippen LogP contribution in [0.15, 0.2) is 22.7 Å². The Labute approximate surface area is 127 Å². The van der Waals surface area contributed by atoms with Crippen molar-refractivity contribution in [1.82, 2.24) is 5.32 Å². The maximum Gasteiger partial charge on any atom is 0.250 e. The molecule has 0 saturated carbocycles. The summed E-state index contributed by atoms with van der Waals surface area (Å²) >= 11 is 3.51. The van der Waals surface area contributed by atoms with Crippen molar-refractivity contribution in [2.24, 2.45) is 5.92 Å². The molecule has 1 aliphatic rings. The zero-order chi connectivity index (χ0) is 14.9. The second-order valence-corrected chi connectivity index (χ2v) is 6.38. The number of hydrogen-bond acceptors (Lipinski definition) is 2. The van der Waals surface area contributed by atoms with Crippen molar-refractivity contribution in [2.45, 2.75) is 33.2 Å². The van der Waals surface area contributed by atoms with E-state index in [0.717, 1.165) is 15.7 Å². The number of nitrogens with one attached hydrogen (secondary N) is 1. The summed E-state index contributed by atoms with van der Waals surface area (Å²) in [7, 11) is 0. The molecular weight excluding hydrogens is 320 g/mol. The molecule has 0 aromatic heterocycles. The Hall–Kier alpha value is -1.36. The van der Waals surface area contributed by atoms with Crippen molar-refractivity contribution in [3.8, 4) is 0 Å². The van der Waals surface area contributed by atoms with Gasteiger partial charge in [0.15, 0.2) is 0 Å². The molecule has 1 N–H and O–H groups in total. The highest BCUT2D eigenvalue weighted by molar-refractivity contribution is 9.10. The summed E-state index contributed by atoms with van der Waals surface area (Å²) < 4.78 is 0.867. The van der Waals surface area contributed by atoms with Gasteiger partial charge in [0.2, 0.25) is 11.8 Å². The second kappa shape index (κ2) is 5.95. The van der Waals surface area contributed by atoms with E-state index in [1.54, 1.807) is 4.90 Å². The van der Waals surface area contributed by atoms with Gasteiger partial charge in [-0.25, -0.2) is 0 Å². The van der Waals surface area contributed by atoms with E-state index in [2.05, 4.69) is 21.2 Å². The SMILES string of the molecule is Cc1cccc(N2CC(=O)NC(CC(C)C)C2=O)c1Br. The lowest BCUT2D eigenvalue weighted by molar-refractivity contribution is -0.131. The van der Waals surface area contributed by atoms with E-state index in [-0.39, 0.29) is 18.4 Å². The van der Waals surface area contributed by atoms with Gasteiger partial charge in [0.05, 0.1) is 5.69 Å². The minimum absolute atomic E-state index is 0.0374. The van der Waals surface area contributed by atoms with E-state index in [1.807, 2.05) is 39.0 Å². The van der Waals surface area contributed by atoms with Crippen LogP contribution in [0.3, 0.4) is 0 Å². The number of aryl methyl sites for hydroxylation is 1. The van der Waals surface area contributed by atoms with Crippen LogP contribution in [-0.4, -0.2) is 24.4 Å². The lowest BCUT2D eigenvalue weighted by Crippen LogP contribution is -2.58. The lowest BCUT2D eigenvalue weighted by atomic mass is 10.0. The van der Waals surface area contributed by atoms with Gasteiger partial charge in [0.1, 0.15) is 12.6 Å². The molecule has 1 unspecified atom stereocenters. The number of anilines is 1. The van der Waals surface area contributed by atoms with Crippen LogP contribution in [0, 0.1) is 12.8 Å². The van der Waals surface area contributed by atoms with Crippen LogP contribution in [0.25, 0.3) is 0 Å². The number of rotatable bonds is 3. The van der Waals surface area contributed by atoms with Gasteiger partial charge in [-0.2, -0.15) is 0 Å². The Morgan fingerprint density at radius 1 is 1.40 bits per heavy atom. The van der Waals surface area contributed by atoms with Crippen molar-refractivity contribution in [3.05, 3.63) is 28.2 Å². The third kappa shape index (κ3) is 3.03. The average Bonchev–Trinajstić information content (AvgIpc) is 2.36. The maximum atomic E-state index is 12.6. The predicted molar refractivity (Wildman–Crippen MR) is 82.6 cm³/mol. The number of hydrogen-bond donors (Lipinski definition) is 1. The molecule has 4 nitrogen and oxygen atoms in total. The van der Waals surface area contributed by atoms with E-state index in [9.17, 15) is 9.59 Å². The fraction of sp³-hybridized carbons (Fsp3) is 0.467. The van der Waals surface area contributed by atoms with Crippen LogP contribution >= 0.6 is 15.9 Å². The molecule has 108 valence electrons. The van der Waals surface area contributed by atoms with Crippen LogP contribution in [0.5, 0.6) is 0 Å². The minimum atomic E-state index is -0.427. The van der Waals surface area contributed by atoms with Crippen molar-refractivity contribution >= 4 is 33.4 Å². The number of amides is 2. The van der Waals surface area contributed by atoms with Crippen molar-refractivity contribution < 1.29 is 9.59 Å². The lowest BCUT2D eigenvalue weighted by Gasteiger charge is -2.34. The molecule has 1 fully saturated rings. The van der Waals surface area contributed by atoms with Crippen molar-refractivity contribution in [1.29, 1.82) is 0 Å². The zero-order valence-corrected chi connectivity index (χ0v) is 13.5. The molecule has 1 atom stereocenters. The molecular formula is C15H19BrN2O2. The highest BCUT2D eigenvalue weighted by Gasteiger charge is 2.34. The van der Waals surface area contributed by atoms with Crippen LogP contribution in [-0.2, 0) is 9.59 Å². The third-order valence-corrected chi connectivity index (χ3v) is 4.40. The Bertz CT molecular complexity index is 543. The number of benzene rings is 1. The van der Waals surface area contributed by atoms with E-state index in [1.165, 1.54) is 0 Å². The predicted octanol–water partition coefficient (Wildman–Crippen LogP) is 2.64. The van der Waals surface area contributed by atoms with Crippen LogP contribution in [0.1, 0.15) is 25.8 Å². The first kappa shape index (κ1) is 15.0. The molecule has 20 heavy (non-hydrogen) atoms. The first-order valence-electron chi connectivity index (χ1n) is 6.76. The quantitative estimate of drug-likeness (QED) is 0.920. The summed E-state index contributed by atoms with van der Waals surface area (Å²) in [6.07, 6.45) is 0.657. The van der Waals surface area contributed by atoms with Gasteiger partial charge in [0, 0.05) is 4.47 Å². The van der Waals surface area contributed by atoms with Gasteiger partial charge in [-0.3, -0.25) is 9.59 Å². The average molecular weight is 339 g/mol. The number of nitrogens with zero attached hydrogens (tertiary/aromatic N) is 1. The molecule has 5 heteroatoms. The normalized spacial score (nSPS) is 19.4. The number of halogens is 1. The highest BCUT2D eigenvalue weighted by Crippen LogP contribution is 2.30. The van der Waals surface area contributed by atoms with Gasteiger partial charge in [-0.05, 0) is 46.8 Å². The smallest absolute Gasteiger partial charge is 0.250 e. The van der Waals surface area contributed by atoms with Gasteiger partial charge in [-0.1, -0.05) is 26.0 Å². The highest BCUT2D eigenvalue weighted by atomic mass is 79.9. The summed E-state index contributed by atoms with van der Waals surface area (Å²) in [6.45, 7) is 6.13. The topological polar surface area (TPSA) is 49.4 Å². The van der Waals surface area contributed by atoms with Crippen LogP contribution in [0.2, 0.25) is 0 Å². The molecule has 0 aliphatic carbocycles. The molecule has 1 aromatic carbocycles. The first-order chi connectivity index (χ1) is 9.40.